The first kappa shape index (κ1) is 11.5. The van der Waals surface area contributed by atoms with E-state index in [2.05, 4.69) is 5.32 Å². The Hall–Kier alpha value is -0.610. The molecule has 1 amide bonds. The van der Waals surface area contributed by atoms with Crippen LogP contribution < -0.4 is 5.32 Å². The molecule has 0 atom stereocenters. The number of hydrogen-bond acceptors (Lipinski definition) is 3. The van der Waals surface area contributed by atoms with Crippen LogP contribution in [-0.2, 0) is 4.79 Å². The summed E-state index contributed by atoms with van der Waals surface area (Å²) in [4.78, 5) is 13.4. The molecule has 4 nitrogen and oxygen atoms in total. The molecule has 1 aliphatic carbocycles. The van der Waals surface area contributed by atoms with Crippen LogP contribution in [0, 0.1) is 0 Å². The van der Waals surface area contributed by atoms with E-state index >= 15 is 0 Å². The minimum atomic E-state index is -0.288. The van der Waals surface area contributed by atoms with Crippen LogP contribution in [0.25, 0.3) is 0 Å². The molecule has 0 aromatic rings. The third kappa shape index (κ3) is 2.96. The van der Waals surface area contributed by atoms with Gasteiger partial charge in [-0.3, -0.25) is 4.79 Å². The Morgan fingerprint density at radius 2 is 2.14 bits per heavy atom. The lowest BCUT2D eigenvalue weighted by molar-refractivity contribution is -0.125. The van der Waals surface area contributed by atoms with E-state index in [4.69, 9.17) is 5.11 Å². The van der Waals surface area contributed by atoms with Crippen LogP contribution in [0.4, 0.5) is 0 Å². The first-order chi connectivity index (χ1) is 6.58. The molecule has 0 spiro atoms. The van der Waals surface area contributed by atoms with Gasteiger partial charge >= 0.3 is 0 Å². The fraction of sp³-hybridized carbons (Fsp3) is 0.900. The molecule has 14 heavy (non-hydrogen) atoms. The van der Waals surface area contributed by atoms with Crippen molar-refractivity contribution in [2.24, 2.45) is 0 Å². The van der Waals surface area contributed by atoms with Crippen molar-refractivity contribution in [1.29, 1.82) is 0 Å². The van der Waals surface area contributed by atoms with Crippen LogP contribution >= 0.6 is 0 Å². The van der Waals surface area contributed by atoms with Crippen molar-refractivity contribution >= 4 is 5.91 Å². The molecule has 0 saturated heterocycles. The fourth-order valence-corrected chi connectivity index (χ4v) is 1.61. The van der Waals surface area contributed by atoms with E-state index in [1.165, 1.54) is 0 Å². The first-order valence-corrected chi connectivity index (χ1v) is 5.15. The van der Waals surface area contributed by atoms with E-state index in [0.717, 1.165) is 25.8 Å². The highest BCUT2D eigenvalue weighted by Crippen LogP contribution is 2.31. The van der Waals surface area contributed by atoms with Crippen molar-refractivity contribution in [2.45, 2.75) is 31.2 Å². The molecule has 1 fully saturated rings. The highest BCUT2D eigenvalue weighted by Gasteiger charge is 2.37. The van der Waals surface area contributed by atoms with E-state index < -0.39 is 0 Å². The van der Waals surface area contributed by atoms with Gasteiger partial charge in [-0.15, -0.1) is 0 Å². The van der Waals surface area contributed by atoms with Crippen LogP contribution in [-0.4, -0.2) is 48.7 Å². The zero-order valence-corrected chi connectivity index (χ0v) is 9.05. The molecule has 0 aromatic heterocycles. The molecule has 0 unspecified atom stereocenters. The minimum absolute atomic E-state index is 0.0486. The number of hydrogen-bond donors (Lipinski definition) is 2. The van der Waals surface area contributed by atoms with Crippen LogP contribution in [0.2, 0.25) is 0 Å². The Balaban J connectivity index is 2.25. The number of aliphatic hydroxyl groups excluding tert-OH is 1. The summed E-state index contributed by atoms with van der Waals surface area (Å²) in [6, 6.07) is 0. The Bertz CT molecular complexity index is 195. The van der Waals surface area contributed by atoms with Crippen LogP contribution in [0.15, 0.2) is 0 Å². The molecule has 1 saturated carbocycles. The summed E-state index contributed by atoms with van der Waals surface area (Å²) in [5, 5.41) is 12.1. The summed E-state index contributed by atoms with van der Waals surface area (Å²) in [7, 11) is 3.89. The summed E-state index contributed by atoms with van der Waals surface area (Å²) in [5.74, 6) is 0.0486. The Labute approximate surface area is 85.3 Å². The molecular weight excluding hydrogens is 180 g/mol. The normalized spacial score (nSPS) is 19.1. The van der Waals surface area contributed by atoms with E-state index in [1.807, 2.05) is 19.0 Å². The van der Waals surface area contributed by atoms with Gasteiger partial charge < -0.3 is 15.3 Å². The van der Waals surface area contributed by atoms with Gasteiger partial charge in [0, 0.05) is 13.0 Å². The van der Waals surface area contributed by atoms with E-state index in [0.29, 0.717) is 6.42 Å². The average molecular weight is 200 g/mol. The molecular formula is C10H20N2O2. The van der Waals surface area contributed by atoms with Crippen LogP contribution in [0.3, 0.4) is 0 Å². The maximum Gasteiger partial charge on any atom is 0.221 e. The molecule has 2 N–H and O–H groups in total. The zero-order chi connectivity index (χ0) is 10.6. The SMILES string of the molecule is CN(C)CCC(=O)NC1(CO)CCC1. The van der Waals surface area contributed by atoms with Gasteiger partial charge in [-0.05, 0) is 33.4 Å². The number of nitrogens with one attached hydrogen (secondary N) is 1. The summed E-state index contributed by atoms with van der Waals surface area (Å²) >= 11 is 0. The molecule has 1 aliphatic rings. The quantitative estimate of drug-likeness (QED) is 0.655. The summed E-state index contributed by atoms with van der Waals surface area (Å²) in [6.45, 7) is 0.827. The Kier molecular flexibility index (Phi) is 3.89. The number of nitrogens with zero attached hydrogens (tertiary/aromatic N) is 1. The lowest BCUT2D eigenvalue weighted by Crippen LogP contribution is -2.56. The fourth-order valence-electron chi connectivity index (χ4n) is 1.61. The van der Waals surface area contributed by atoms with Crippen molar-refractivity contribution < 1.29 is 9.90 Å². The number of aliphatic hydroxyl groups is 1. The lowest BCUT2D eigenvalue weighted by Gasteiger charge is -2.41. The van der Waals surface area contributed by atoms with Gasteiger partial charge in [0.25, 0.3) is 0 Å². The molecule has 0 radical (unpaired) electrons. The Morgan fingerprint density at radius 1 is 1.50 bits per heavy atom. The van der Waals surface area contributed by atoms with Crippen molar-refractivity contribution in [2.75, 3.05) is 27.2 Å². The van der Waals surface area contributed by atoms with Gasteiger partial charge in [-0.25, -0.2) is 0 Å². The summed E-state index contributed by atoms with van der Waals surface area (Å²) < 4.78 is 0. The molecule has 4 heteroatoms. The van der Waals surface area contributed by atoms with E-state index in [9.17, 15) is 4.79 Å². The van der Waals surface area contributed by atoms with Crippen molar-refractivity contribution in [1.82, 2.24) is 10.2 Å². The predicted octanol–water partition coefficient (Wildman–Crippen LogP) is -0.0307. The third-order valence-electron chi connectivity index (χ3n) is 2.80. The molecule has 0 bridgehead atoms. The highest BCUT2D eigenvalue weighted by atomic mass is 16.3. The second kappa shape index (κ2) is 4.75. The molecule has 0 heterocycles. The van der Waals surface area contributed by atoms with Gasteiger partial charge in [-0.2, -0.15) is 0 Å². The number of carbonyl (C=O) groups excluding carboxylic acids is 1. The van der Waals surface area contributed by atoms with Crippen molar-refractivity contribution in [3.63, 3.8) is 0 Å². The molecule has 1 rings (SSSR count). The third-order valence-corrected chi connectivity index (χ3v) is 2.80. The maximum atomic E-state index is 11.5. The largest absolute Gasteiger partial charge is 0.394 e. The number of carbonyl (C=O) groups is 1. The van der Waals surface area contributed by atoms with Gasteiger partial charge in [0.1, 0.15) is 0 Å². The summed E-state index contributed by atoms with van der Waals surface area (Å²) in [6.07, 6.45) is 3.44. The van der Waals surface area contributed by atoms with Gasteiger partial charge in [0.2, 0.25) is 5.91 Å². The first-order valence-electron chi connectivity index (χ1n) is 5.15. The van der Waals surface area contributed by atoms with E-state index in [1.54, 1.807) is 0 Å². The standard InChI is InChI=1S/C10H20N2O2/c1-12(2)7-4-9(14)11-10(8-13)5-3-6-10/h13H,3-8H2,1-2H3,(H,11,14). The number of amides is 1. The minimum Gasteiger partial charge on any atom is -0.394 e. The van der Waals surface area contributed by atoms with E-state index in [-0.39, 0.29) is 18.1 Å². The monoisotopic (exact) mass is 200 g/mol. The van der Waals surface area contributed by atoms with Gasteiger partial charge in [0.15, 0.2) is 0 Å². The second-order valence-corrected chi connectivity index (χ2v) is 4.39. The van der Waals surface area contributed by atoms with Crippen LogP contribution in [0.1, 0.15) is 25.7 Å². The average Bonchev–Trinajstić information content (AvgIpc) is 2.08. The van der Waals surface area contributed by atoms with Crippen molar-refractivity contribution in [3.8, 4) is 0 Å². The highest BCUT2D eigenvalue weighted by molar-refractivity contribution is 5.77. The maximum absolute atomic E-state index is 11.5. The zero-order valence-electron chi connectivity index (χ0n) is 9.05. The predicted molar refractivity (Wildman–Crippen MR) is 55.0 cm³/mol. The topological polar surface area (TPSA) is 52.6 Å². The Morgan fingerprint density at radius 3 is 2.50 bits per heavy atom. The smallest absolute Gasteiger partial charge is 0.221 e. The lowest BCUT2D eigenvalue weighted by atomic mass is 9.77. The number of rotatable bonds is 5. The van der Waals surface area contributed by atoms with Gasteiger partial charge in [0.05, 0.1) is 12.1 Å². The molecule has 82 valence electrons. The summed E-state index contributed by atoms with van der Waals surface area (Å²) in [5.41, 5.74) is -0.288. The molecule has 0 aromatic carbocycles. The second-order valence-electron chi connectivity index (χ2n) is 4.39. The van der Waals surface area contributed by atoms with Crippen molar-refractivity contribution in [3.05, 3.63) is 0 Å². The molecule has 0 aliphatic heterocycles. The van der Waals surface area contributed by atoms with Gasteiger partial charge in [-0.1, -0.05) is 0 Å². The van der Waals surface area contributed by atoms with Crippen LogP contribution in [0.5, 0.6) is 0 Å².